The number of aryl methyl sites for hydroxylation is 2. The lowest BCUT2D eigenvalue weighted by Crippen LogP contribution is -2.54. The maximum atomic E-state index is 13.5. The molecule has 7 heteroatoms. The Hall–Kier alpha value is -4.10. The molecular weight excluding hydrogens is 456 g/mol. The number of rotatable bonds is 5. The molecule has 3 aromatic carbocycles. The zero-order chi connectivity index (χ0) is 25.6. The molecule has 5 rings (SSSR count). The third kappa shape index (κ3) is 4.33. The number of hydrogen-bond donors (Lipinski definition) is 3. The highest BCUT2D eigenvalue weighted by atomic mass is 16.4. The number of fused-ring (bicyclic) bond motifs is 2. The monoisotopic (exact) mass is 484 g/mol. The minimum atomic E-state index is -1.06. The van der Waals surface area contributed by atoms with Gasteiger partial charge in [-0.2, -0.15) is 0 Å². The van der Waals surface area contributed by atoms with E-state index < -0.39 is 24.0 Å². The molecule has 7 nitrogen and oxygen atoms in total. The van der Waals surface area contributed by atoms with Crippen molar-refractivity contribution < 1.29 is 24.2 Å². The van der Waals surface area contributed by atoms with Gasteiger partial charge in [-0.25, -0.2) is 4.79 Å². The lowest BCUT2D eigenvalue weighted by Gasteiger charge is -2.36. The summed E-state index contributed by atoms with van der Waals surface area (Å²) in [4.78, 5) is 27.0. The molecule has 1 amide bonds. The van der Waals surface area contributed by atoms with Crippen molar-refractivity contribution in [3.05, 3.63) is 88.5 Å². The Labute approximate surface area is 208 Å². The van der Waals surface area contributed by atoms with Gasteiger partial charge in [0.15, 0.2) is 0 Å². The molecule has 1 aromatic heterocycles. The minimum absolute atomic E-state index is 0.153. The molecule has 1 aliphatic rings. The number of carbonyl (C=O) groups is 2. The minimum Gasteiger partial charge on any atom is -0.508 e. The van der Waals surface area contributed by atoms with Crippen LogP contribution in [-0.2, 0) is 29.0 Å². The Kier molecular flexibility index (Phi) is 6.02. The van der Waals surface area contributed by atoms with Crippen LogP contribution in [-0.4, -0.2) is 39.1 Å². The molecule has 0 aliphatic carbocycles. The van der Waals surface area contributed by atoms with Crippen LogP contribution in [0.1, 0.15) is 27.8 Å². The second-order valence-corrected chi connectivity index (χ2v) is 9.53. The summed E-state index contributed by atoms with van der Waals surface area (Å²) in [7, 11) is 0. The molecule has 1 aliphatic heterocycles. The number of nitrogens with two attached hydrogens (primary N) is 1. The van der Waals surface area contributed by atoms with Crippen molar-refractivity contribution in [3.8, 4) is 17.1 Å². The quantitative estimate of drug-likeness (QED) is 0.388. The van der Waals surface area contributed by atoms with Gasteiger partial charge in [-0.1, -0.05) is 30.3 Å². The Morgan fingerprint density at radius 3 is 2.47 bits per heavy atom. The number of para-hydroxylation sites is 1. The van der Waals surface area contributed by atoms with Crippen LogP contribution in [0, 0.1) is 13.8 Å². The van der Waals surface area contributed by atoms with E-state index in [1.807, 2.05) is 62.4 Å². The van der Waals surface area contributed by atoms with E-state index in [1.165, 1.54) is 4.90 Å². The van der Waals surface area contributed by atoms with Crippen molar-refractivity contribution >= 4 is 22.8 Å². The smallest absolute Gasteiger partial charge is 0.326 e. The largest absolute Gasteiger partial charge is 0.508 e. The van der Waals surface area contributed by atoms with E-state index in [4.69, 9.17) is 10.2 Å². The maximum absolute atomic E-state index is 13.5. The summed E-state index contributed by atoms with van der Waals surface area (Å²) in [5.41, 5.74) is 12.3. The number of nitrogens with zero attached hydrogens (tertiary/aromatic N) is 1. The summed E-state index contributed by atoms with van der Waals surface area (Å²) in [6, 6.07) is 16.9. The summed E-state index contributed by atoms with van der Waals surface area (Å²) in [6.45, 7) is 3.87. The number of benzene rings is 3. The SMILES string of the molecule is Cc1cc(O)cc(C)c1C[C@H](N)C(=O)N1Cc2cc(-c3cc4ccccc4o3)ccc2C[C@H]1C(=O)O. The van der Waals surface area contributed by atoms with Gasteiger partial charge in [0.05, 0.1) is 6.04 Å². The molecule has 0 radical (unpaired) electrons. The van der Waals surface area contributed by atoms with Crippen LogP contribution in [0.5, 0.6) is 5.75 Å². The van der Waals surface area contributed by atoms with Crippen molar-refractivity contribution in [1.29, 1.82) is 0 Å². The van der Waals surface area contributed by atoms with Crippen molar-refractivity contribution in [1.82, 2.24) is 4.90 Å². The van der Waals surface area contributed by atoms with Crippen molar-refractivity contribution in [2.75, 3.05) is 0 Å². The fourth-order valence-electron chi connectivity index (χ4n) is 5.13. The van der Waals surface area contributed by atoms with Crippen LogP contribution in [0.4, 0.5) is 0 Å². The molecule has 2 heterocycles. The summed E-state index contributed by atoms with van der Waals surface area (Å²) in [6.07, 6.45) is 0.465. The summed E-state index contributed by atoms with van der Waals surface area (Å²) >= 11 is 0. The Morgan fingerprint density at radius 1 is 1.06 bits per heavy atom. The first kappa shape index (κ1) is 23.6. The molecule has 0 unspecified atom stereocenters. The number of carboxylic acids is 1. The predicted octanol–water partition coefficient (Wildman–Crippen LogP) is 4.33. The number of carboxylic acid groups (broad SMARTS) is 1. The molecule has 0 saturated carbocycles. The highest BCUT2D eigenvalue weighted by Gasteiger charge is 2.37. The second kappa shape index (κ2) is 9.17. The Morgan fingerprint density at radius 2 is 1.78 bits per heavy atom. The van der Waals surface area contributed by atoms with Crippen LogP contribution in [0.2, 0.25) is 0 Å². The van der Waals surface area contributed by atoms with Crippen LogP contribution >= 0.6 is 0 Å². The van der Waals surface area contributed by atoms with Crippen LogP contribution in [0.3, 0.4) is 0 Å². The van der Waals surface area contributed by atoms with Crippen molar-refractivity contribution in [2.45, 2.75) is 45.3 Å². The van der Waals surface area contributed by atoms with Gasteiger partial charge in [0, 0.05) is 23.9 Å². The van der Waals surface area contributed by atoms with Gasteiger partial charge in [0.25, 0.3) is 0 Å². The van der Waals surface area contributed by atoms with Crippen molar-refractivity contribution in [2.24, 2.45) is 5.73 Å². The number of hydrogen-bond acceptors (Lipinski definition) is 5. The first-order valence-electron chi connectivity index (χ1n) is 11.9. The fourth-order valence-corrected chi connectivity index (χ4v) is 5.13. The molecule has 0 spiro atoms. The van der Waals surface area contributed by atoms with E-state index in [-0.39, 0.29) is 25.1 Å². The van der Waals surface area contributed by atoms with Gasteiger partial charge in [0.2, 0.25) is 5.91 Å². The molecule has 0 fully saturated rings. The maximum Gasteiger partial charge on any atom is 0.326 e. The molecule has 4 N–H and O–H groups in total. The van der Waals surface area contributed by atoms with Crippen LogP contribution in [0.25, 0.3) is 22.3 Å². The lowest BCUT2D eigenvalue weighted by atomic mass is 9.90. The average Bonchev–Trinajstić information content (AvgIpc) is 3.28. The summed E-state index contributed by atoms with van der Waals surface area (Å²) in [5, 5.41) is 20.7. The summed E-state index contributed by atoms with van der Waals surface area (Å²) in [5.74, 6) is -0.590. The topological polar surface area (TPSA) is 117 Å². The zero-order valence-electron chi connectivity index (χ0n) is 20.2. The van der Waals surface area contributed by atoms with E-state index in [0.29, 0.717) is 5.76 Å². The molecular formula is C29H28N2O5. The normalized spacial score (nSPS) is 16.1. The average molecular weight is 485 g/mol. The van der Waals surface area contributed by atoms with E-state index >= 15 is 0 Å². The number of amides is 1. The number of furan rings is 1. The summed E-state index contributed by atoms with van der Waals surface area (Å²) < 4.78 is 6.00. The number of aliphatic carboxylic acids is 1. The lowest BCUT2D eigenvalue weighted by molar-refractivity contribution is -0.152. The first-order valence-corrected chi connectivity index (χ1v) is 11.9. The van der Waals surface area contributed by atoms with Crippen LogP contribution in [0.15, 0.2) is 65.1 Å². The third-order valence-corrected chi connectivity index (χ3v) is 7.04. The third-order valence-electron chi connectivity index (χ3n) is 7.04. The fraction of sp³-hybridized carbons (Fsp3) is 0.241. The molecule has 2 atom stereocenters. The van der Waals surface area contributed by atoms with E-state index in [2.05, 4.69) is 0 Å². The Balaban J connectivity index is 1.43. The number of phenolic OH excluding ortho intramolecular Hbond substituents is 1. The van der Waals surface area contributed by atoms with E-state index in [1.54, 1.807) is 12.1 Å². The van der Waals surface area contributed by atoms with Crippen molar-refractivity contribution in [3.63, 3.8) is 0 Å². The number of aromatic hydroxyl groups is 1. The highest BCUT2D eigenvalue weighted by Crippen LogP contribution is 2.32. The number of carbonyl (C=O) groups excluding carboxylic acids is 1. The highest BCUT2D eigenvalue weighted by molar-refractivity contribution is 5.88. The second-order valence-electron chi connectivity index (χ2n) is 9.53. The number of phenols is 1. The van der Waals surface area contributed by atoms with E-state index in [9.17, 15) is 19.8 Å². The van der Waals surface area contributed by atoms with Crippen LogP contribution < -0.4 is 5.73 Å². The van der Waals surface area contributed by atoms with Gasteiger partial charge >= 0.3 is 5.97 Å². The van der Waals surface area contributed by atoms with Gasteiger partial charge in [-0.15, -0.1) is 0 Å². The van der Waals surface area contributed by atoms with Gasteiger partial charge in [-0.3, -0.25) is 4.79 Å². The van der Waals surface area contributed by atoms with E-state index in [0.717, 1.165) is 44.3 Å². The molecule has 4 aromatic rings. The predicted molar refractivity (Wildman–Crippen MR) is 137 cm³/mol. The molecule has 36 heavy (non-hydrogen) atoms. The standard InChI is InChI=1S/C29H28N2O5/c1-16-9-22(32)10-17(2)23(16)14-24(30)28(33)31-15-21-11-20(8-7-18(21)12-25(31)29(34)35)27-13-19-5-3-4-6-26(19)36-27/h3-11,13,24-25,32H,12,14-15,30H2,1-2H3,(H,34,35)/t24-,25-/m0/s1. The molecule has 184 valence electrons. The Bertz CT molecular complexity index is 1430. The first-order chi connectivity index (χ1) is 17.2. The molecule has 0 saturated heterocycles. The van der Waals surface area contributed by atoms with Gasteiger partial charge < -0.3 is 25.3 Å². The zero-order valence-corrected chi connectivity index (χ0v) is 20.2. The van der Waals surface area contributed by atoms with Gasteiger partial charge in [0.1, 0.15) is 23.1 Å². The molecule has 0 bridgehead atoms. The van der Waals surface area contributed by atoms with Gasteiger partial charge in [-0.05, 0) is 78.4 Å².